The number of carbonyl (C=O) groups excluding carboxylic acids is 1. The van der Waals surface area contributed by atoms with Crippen molar-refractivity contribution in [3.8, 4) is 0 Å². The van der Waals surface area contributed by atoms with Gasteiger partial charge in [0.2, 0.25) is 0 Å². The van der Waals surface area contributed by atoms with E-state index in [0.717, 1.165) is 16.9 Å². The van der Waals surface area contributed by atoms with Crippen LogP contribution in [0.25, 0.3) is 0 Å². The molecule has 0 aliphatic heterocycles. The van der Waals surface area contributed by atoms with Crippen molar-refractivity contribution in [3.63, 3.8) is 0 Å². The van der Waals surface area contributed by atoms with Crippen molar-refractivity contribution in [1.29, 1.82) is 0 Å². The highest BCUT2D eigenvalue weighted by Crippen LogP contribution is 2.27. The zero-order valence-electron chi connectivity index (χ0n) is 7.27. The van der Waals surface area contributed by atoms with Gasteiger partial charge in [0.25, 0.3) is 0 Å². The Hall–Kier alpha value is -0.0500. The number of halogens is 2. The summed E-state index contributed by atoms with van der Waals surface area (Å²) in [5, 5.41) is 0. The maximum Gasteiger partial charge on any atom is 0.172 e. The Morgan fingerprint density at radius 1 is 1.62 bits per heavy atom. The SMILES string of the molecule is Cc1cc(C(=O)CCCCl)sc1Cl. The highest BCUT2D eigenvalue weighted by molar-refractivity contribution is 7.18. The Morgan fingerprint density at radius 3 is 2.77 bits per heavy atom. The van der Waals surface area contributed by atoms with Gasteiger partial charge in [0.1, 0.15) is 0 Å². The summed E-state index contributed by atoms with van der Waals surface area (Å²) in [7, 11) is 0. The highest BCUT2D eigenvalue weighted by Gasteiger charge is 2.10. The second kappa shape index (κ2) is 4.99. The molecule has 0 spiro atoms. The molecule has 0 aliphatic carbocycles. The predicted molar refractivity (Wildman–Crippen MR) is 58.4 cm³/mol. The number of thiophene rings is 1. The van der Waals surface area contributed by atoms with Gasteiger partial charge in [-0.2, -0.15) is 0 Å². The topological polar surface area (TPSA) is 17.1 Å². The summed E-state index contributed by atoms with van der Waals surface area (Å²) < 4.78 is 0.703. The smallest absolute Gasteiger partial charge is 0.172 e. The van der Waals surface area contributed by atoms with Gasteiger partial charge in [-0.15, -0.1) is 22.9 Å². The minimum Gasteiger partial charge on any atom is -0.293 e. The Bertz CT molecular complexity index is 287. The molecule has 1 heterocycles. The third-order valence-corrected chi connectivity index (χ3v) is 3.53. The average Bonchev–Trinajstić information content (AvgIpc) is 2.43. The molecule has 0 atom stereocenters. The van der Waals surface area contributed by atoms with Crippen LogP contribution in [0, 0.1) is 6.92 Å². The lowest BCUT2D eigenvalue weighted by molar-refractivity contribution is 0.0986. The fraction of sp³-hybridized carbons (Fsp3) is 0.444. The first-order valence-electron chi connectivity index (χ1n) is 4.00. The molecular formula is C9H10Cl2OS. The Kier molecular flexibility index (Phi) is 4.23. The van der Waals surface area contributed by atoms with Crippen LogP contribution in [0.2, 0.25) is 4.34 Å². The molecule has 0 aliphatic rings. The van der Waals surface area contributed by atoms with Crippen molar-refractivity contribution >= 4 is 40.3 Å². The van der Waals surface area contributed by atoms with Crippen molar-refractivity contribution in [2.45, 2.75) is 19.8 Å². The van der Waals surface area contributed by atoms with E-state index in [1.54, 1.807) is 0 Å². The van der Waals surface area contributed by atoms with Gasteiger partial charge in [0, 0.05) is 12.3 Å². The first kappa shape index (κ1) is 11.0. The van der Waals surface area contributed by atoms with Gasteiger partial charge in [0.05, 0.1) is 9.21 Å². The fourth-order valence-corrected chi connectivity index (χ4v) is 2.25. The number of ketones is 1. The van der Waals surface area contributed by atoms with Crippen LogP contribution in [0.1, 0.15) is 28.1 Å². The number of rotatable bonds is 4. The molecule has 1 aromatic heterocycles. The van der Waals surface area contributed by atoms with E-state index in [-0.39, 0.29) is 5.78 Å². The summed E-state index contributed by atoms with van der Waals surface area (Å²) >= 11 is 12.7. The van der Waals surface area contributed by atoms with Crippen LogP contribution in [-0.2, 0) is 0 Å². The van der Waals surface area contributed by atoms with Crippen molar-refractivity contribution in [2.24, 2.45) is 0 Å². The van der Waals surface area contributed by atoms with Crippen molar-refractivity contribution < 1.29 is 4.79 Å². The molecule has 0 amide bonds. The summed E-state index contributed by atoms with van der Waals surface area (Å²) in [5.41, 5.74) is 0.973. The summed E-state index contributed by atoms with van der Waals surface area (Å²) in [5.74, 6) is 0.671. The molecule has 13 heavy (non-hydrogen) atoms. The first-order chi connectivity index (χ1) is 6.15. The quantitative estimate of drug-likeness (QED) is 0.573. The van der Waals surface area contributed by atoms with Crippen molar-refractivity contribution in [3.05, 3.63) is 20.8 Å². The maximum atomic E-state index is 11.5. The number of hydrogen-bond acceptors (Lipinski definition) is 2. The number of hydrogen-bond donors (Lipinski definition) is 0. The summed E-state index contributed by atoms with van der Waals surface area (Å²) in [6.07, 6.45) is 1.24. The predicted octanol–water partition coefficient (Wildman–Crippen LogP) is 3.91. The second-order valence-corrected chi connectivity index (χ2v) is 4.82. The number of alkyl halides is 1. The van der Waals surface area contributed by atoms with Crippen LogP contribution >= 0.6 is 34.5 Å². The molecule has 4 heteroatoms. The molecule has 0 bridgehead atoms. The largest absolute Gasteiger partial charge is 0.293 e. The molecule has 1 nitrogen and oxygen atoms in total. The molecule has 1 rings (SSSR count). The summed E-state index contributed by atoms with van der Waals surface area (Å²) in [4.78, 5) is 12.2. The number of aryl methyl sites for hydroxylation is 1. The van der Waals surface area contributed by atoms with E-state index in [0.29, 0.717) is 16.6 Å². The van der Waals surface area contributed by atoms with Gasteiger partial charge >= 0.3 is 0 Å². The molecule has 0 radical (unpaired) electrons. The number of Topliss-reactive ketones (excluding diaryl/α,β-unsaturated/α-hetero) is 1. The standard InChI is InChI=1S/C9H10Cl2OS/c1-6-5-8(13-9(6)11)7(12)3-2-4-10/h5H,2-4H2,1H3. The van der Waals surface area contributed by atoms with Gasteiger partial charge in [-0.3, -0.25) is 4.79 Å². The third kappa shape index (κ3) is 2.97. The van der Waals surface area contributed by atoms with Crippen LogP contribution in [0.4, 0.5) is 0 Å². The normalized spacial score (nSPS) is 10.4. The van der Waals surface area contributed by atoms with Crippen LogP contribution < -0.4 is 0 Å². The molecule has 0 aromatic carbocycles. The van der Waals surface area contributed by atoms with Crippen molar-refractivity contribution in [1.82, 2.24) is 0 Å². The molecule has 0 saturated heterocycles. The van der Waals surface area contributed by atoms with E-state index >= 15 is 0 Å². The zero-order valence-corrected chi connectivity index (χ0v) is 9.60. The van der Waals surface area contributed by atoms with E-state index in [1.165, 1.54) is 11.3 Å². The minimum absolute atomic E-state index is 0.139. The molecule has 0 fully saturated rings. The lowest BCUT2D eigenvalue weighted by atomic mass is 10.2. The average molecular weight is 237 g/mol. The fourth-order valence-electron chi connectivity index (χ4n) is 0.948. The van der Waals surface area contributed by atoms with E-state index < -0.39 is 0 Å². The monoisotopic (exact) mass is 236 g/mol. The van der Waals surface area contributed by atoms with Gasteiger partial charge in [-0.25, -0.2) is 0 Å². The highest BCUT2D eigenvalue weighted by atomic mass is 35.5. The Morgan fingerprint density at radius 2 is 2.31 bits per heavy atom. The van der Waals surface area contributed by atoms with Crippen molar-refractivity contribution in [2.75, 3.05) is 5.88 Å². The molecule has 0 unspecified atom stereocenters. The van der Waals surface area contributed by atoms with Gasteiger partial charge in [-0.05, 0) is 25.0 Å². The van der Waals surface area contributed by atoms with Crippen LogP contribution in [-0.4, -0.2) is 11.7 Å². The first-order valence-corrected chi connectivity index (χ1v) is 5.73. The minimum atomic E-state index is 0.139. The summed E-state index contributed by atoms with van der Waals surface area (Å²) in [6, 6.07) is 1.84. The van der Waals surface area contributed by atoms with E-state index in [1.807, 2.05) is 13.0 Å². The van der Waals surface area contributed by atoms with E-state index in [4.69, 9.17) is 23.2 Å². The Balaban J connectivity index is 2.66. The lowest BCUT2D eigenvalue weighted by Gasteiger charge is -1.93. The zero-order chi connectivity index (χ0) is 9.84. The molecule has 72 valence electrons. The molecule has 0 saturated carbocycles. The van der Waals surface area contributed by atoms with E-state index in [9.17, 15) is 4.79 Å². The van der Waals surface area contributed by atoms with Gasteiger partial charge in [0.15, 0.2) is 5.78 Å². The van der Waals surface area contributed by atoms with Crippen LogP contribution in [0.5, 0.6) is 0 Å². The molecule has 0 N–H and O–H groups in total. The van der Waals surface area contributed by atoms with Gasteiger partial charge in [-0.1, -0.05) is 11.6 Å². The molecular weight excluding hydrogens is 227 g/mol. The number of carbonyl (C=O) groups is 1. The summed E-state index contributed by atoms with van der Waals surface area (Å²) in [6.45, 7) is 1.90. The second-order valence-electron chi connectivity index (χ2n) is 2.78. The lowest BCUT2D eigenvalue weighted by Crippen LogP contribution is -1.95. The third-order valence-electron chi connectivity index (χ3n) is 1.67. The van der Waals surface area contributed by atoms with E-state index in [2.05, 4.69) is 0 Å². The Labute approximate surface area is 91.7 Å². The maximum absolute atomic E-state index is 11.5. The molecule has 1 aromatic rings. The van der Waals surface area contributed by atoms with Gasteiger partial charge < -0.3 is 0 Å². The van der Waals surface area contributed by atoms with Crippen LogP contribution in [0.15, 0.2) is 6.07 Å². The van der Waals surface area contributed by atoms with Crippen LogP contribution in [0.3, 0.4) is 0 Å².